The molecular weight excluding hydrogens is 1170 g/mol. The molecule has 0 aromatic heterocycles. The number of fused-ring (bicyclic) bond motifs is 8. The molecule has 16 rings (SSSR count). The van der Waals surface area contributed by atoms with Crippen LogP contribution in [0.3, 0.4) is 0 Å². The maximum atomic E-state index is 5.45. The minimum Gasteiger partial charge on any atom is -0.493 e. The molecule has 16 aliphatic rings. The van der Waals surface area contributed by atoms with Gasteiger partial charge in [0.2, 0.25) is 0 Å². The molecule has 0 radical (unpaired) electrons. The molecular formula is C82H106N6O2S2. The van der Waals surface area contributed by atoms with Gasteiger partial charge in [0.15, 0.2) is 0 Å². The molecule has 92 heavy (non-hydrogen) atoms. The van der Waals surface area contributed by atoms with Gasteiger partial charge in [-0.15, -0.1) is 23.5 Å². The van der Waals surface area contributed by atoms with Gasteiger partial charge in [0.25, 0.3) is 0 Å². The molecule has 10 heteroatoms. The lowest BCUT2D eigenvalue weighted by molar-refractivity contribution is 0.177. The van der Waals surface area contributed by atoms with Crippen molar-refractivity contribution in [3.8, 4) is 0 Å². The molecule has 0 aromatic rings. The molecule has 0 saturated heterocycles. The fourth-order valence-corrected chi connectivity index (χ4v) is 17.3. The molecule has 0 saturated carbocycles. The lowest BCUT2D eigenvalue weighted by atomic mass is 9.85. The van der Waals surface area contributed by atoms with Gasteiger partial charge in [0, 0.05) is 98.5 Å². The van der Waals surface area contributed by atoms with Crippen molar-refractivity contribution < 1.29 is 9.47 Å². The molecule has 0 N–H and O–H groups in total. The maximum Gasteiger partial charge on any atom is 0.129 e. The van der Waals surface area contributed by atoms with E-state index in [4.69, 9.17) is 9.47 Å². The Balaban J connectivity index is 0.000000124. The summed E-state index contributed by atoms with van der Waals surface area (Å²) >= 11 is 3.90. The monoisotopic (exact) mass is 1270 g/mol. The Bertz CT molecular complexity index is 3110. The number of ether oxygens (including phenoxy) is 2. The van der Waals surface area contributed by atoms with Gasteiger partial charge in [0.1, 0.15) is 12.2 Å². The van der Waals surface area contributed by atoms with Gasteiger partial charge in [-0.25, -0.2) is 0 Å². The second-order valence-corrected chi connectivity index (χ2v) is 29.9. The third-order valence-corrected chi connectivity index (χ3v) is 23.6. The Hall–Kier alpha value is -6.88. The third kappa shape index (κ3) is 15.7. The lowest BCUT2D eigenvalue weighted by Crippen LogP contribution is -2.32. The first kappa shape index (κ1) is 69.5. The van der Waals surface area contributed by atoms with Crippen LogP contribution in [0.2, 0.25) is 0 Å². The first-order valence-corrected chi connectivity index (χ1v) is 35.3. The van der Waals surface area contributed by atoms with Crippen molar-refractivity contribution in [3.63, 3.8) is 0 Å². The number of hydrogen-bond acceptors (Lipinski definition) is 10. The van der Waals surface area contributed by atoms with Gasteiger partial charge >= 0.3 is 0 Å². The van der Waals surface area contributed by atoms with Crippen LogP contribution in [0.1, 0.15) is 111 Å². The summed E-state index contributed by atoms with van der Waals surface area (Å²) in [5, 5.41) is 18.6. The normalized spacial score (nSPS) is 33.7. The Labute approximate surface area is 563 Å². The highest BCUT2D eigenvalue weighted by Gasteiger charge is 2.36. The summed E-state index contributed by atoms with van der Waals surface area (Å²) in [7, 11) is 8.38. The number of rotatable bonds is 0. The predicted octanol–water partition coefficient (Wildman–Crippen LogP) is 19.4. The summed E-state index contributed by atoms with van der Waals surface area (Å²) in [5.74, 6) is 4.65. The smallest absolute Gasteiger partial charge is 0.129 e. The summed E-state index contributed by atoms with van der Waals surface area (Å²) in [6.45, 7) is 35.0. The molecule has 0 spiro atoms. The molecule has 8 nitrogen and oxygen atoms in total. The highest BCUT2D eigenvalue weighted by molar-refractivity contribution is 8.03. The zero-order valence-corrected chi connectivity index (χ0v) is 60.5. The van der Waals surface area contributed by atoms with E-state index in [1.54, 1.807) is 0 Å². The quantitative estimate of drug-likeness (QED) is 0.238. The van der Waals surface area contributed by atoms with E-state index in [0.717, 1.165) is 0 Å². The van der Waals surface area contributed by atoms with Gasteiger partial charge in [-0.1, -0.05) is 188 Å². The van der Waals surface area contributed by atoms with E-state index in [-0.39, 0.29) is 0 Å². The van der Waals surface area contributed by atoms with E-state index >= 15 is 0 Å². The van der Waals surface area contributed by atoms with Crippen LogP contribution in [0.4, 0.5) is 0 Å². The van der Waals surface area contributed by atoms with Crippen LogP contribution in [0.15, 0.2) is 269 Å². The molecule has 16 unspecified atom stereocenters. The van der Waals surface area contributed by atoms with Gasteiger partial charge in [-0.2, -0.15) is 10.2 Å². The Morgan fingerprint density at radius 1 is 0.283 bits per heavy atom. The van der Waals surface area contributed by atoms with E-state index in [2.05, 4.69) is 302 Å². The average molecular weight is 1270 g/mol. The van der Waals surface area contributed by atoms with Crippen LogP contribution >= 0.6 is 23.5 Å². The minimum atomic E-state index is 0.292. The van der Waals surface area contributed by atoms with E-state index in [1.807, 2.05) is 72.6 Å². The van der Waals surface area contributed by atoms with Gasteiger partial charge in [-0.3, -0.25) is 10.0 Å². The fraction of sp³-hybridized carbons (Fsp3) is 0.439. The van der Waals surface area contributed by atoms with E-state index < -0.39 is 0 Å². The predicted molar refractivity (Wildman–Crippen MR) is 399 cm³/mol. The second-order valence-electron chi connectivity index (χ2n) is 27.8. The number of hydrogen-bond donors (Lipinski definition) is 0. The van der Waals surface area contributed by atoms with Crippen LogP contribution < -0.4 is 0 Å². The van der Waals surface area contributed by atoms with Crippen LogP contribution in [-0.2, 0) is 9.47 Å². The topological polar surface area (TPSA) is 56.1 Å². The SMILES string of the molecule is CC1=CC=C(C)C2C1C=CN2C.CC1=CC=C(C)C2C1C=CN2C.CC1=CC=C(C)C2C1C=NN2C.CC1=CC=C(C)C2C1C=NN2C.CC1=CC=C(C)C2OC=CC12.CC1=CC=C(C)C2OC=CC12.CC1=CC=C(C)C2SC=CC12.CC1=CC=C(C)C2SC=CC12. The molecule has 0 aromatic carbocycles. The van der Waals surface area contributed by atoms with Crippen LogP contribution in [0.5, 0.6) is 0 Å². The van der Waals surface area contributed by atoms with Crippen molar-refractivity contribution in [1.82, 2.24) is 19.8 Å². The van der Waals surface area contributed by atoms with Crippen LogP contribution in [-0.4, -0.2) is 107 Å². The van der Waals surface area contributed by atoms with Gasteiger partial charge in [-0.05, 0) is 168 Å². The number of likely N-dealkylation sites (N-methyl/N-ethyl adjacent to an activating group) is 4. The van der Waals surface area contributed by atoms with Crippen molar-refractivity contribution in [3.05, 3.63) is 259 Å². The summed E-state index contributed by atoms with van der Waals surface area (Å²) in [6, 6.07) is 2.15. The van der Waals surface area contributed by atoms with Gasteiger partial charge < -0.3 is 19.3 Å². The Morgan fingerprint density at radius 2 is 0.554 bits per heavy atom. The van der Waals surface area contributed by atoms with E-state index in [0.29, 0.717) is 94.2 Å². The lowest BCUT2D eigenvalue weighted by Gasteiger charge is -2.30. The molecule has 8 heterocycles. The van der Waals surface area contributed by atoms with Crippen molar-refractivity contribution in [2.75, 3.05) is 28.2 Å². The number of nitrogens with zero attached hydrogens (tertiary/aromatic N) is 6. The fourth-order valence-electron chi connectivity index (χ4n) is 14.9. The molecule has 488 valence electrons. The number of hydrazone groups is 2. The zero-order valence-electron chi connectivity index (χ0n) is 58.9. The van der Waals surface area contributed by atoms with Crippen molar-refractivity contribution in [2.24, 2.45) is 57.5 Å². The molecule has 0 fully saturated rings. The minimum absolute atomic E-state index is 0.292. The van der Waals surface area contributed by atoms with Gasteiger partial charge in [0.05, 0.1) is 36.7 Å². The first-order valence-electron chi connectivity index (χ1n) is 33.4. The zero-order chi connectivity index (χ0) is 66.2. The molecule has 0 bridgehead atoms. The van der Waals surface area contributed by atoms with Crippen molar-refractivity contribution >= 4 is 36.0 Å². The van der Waals surface area contributed by atoms with Crippen LogP contribution in [0, 0.1) is 47.3 Å². The Morgan fingerprint density at radius 3 is 0.859 bits per heavy atom. The number of thioether (sulfide) groups is 2. The second kappa shape index (κ2) is 30.9. The summed E-state index contributed by atoms with van der Waals surface area (Å²) in [4.78, 5) is 4.60. The van der Waals surface area contributed by atoms with Crippen molar-refractivity contribution in [2.45, 2.75) is 158 Å². The molecule has 8 aliphatic carbocycles. The summed E-state index contributed by atoms with van der Waals surface area (Å²) in [6.07, 6.45) is 61.5. The van der Waals surface area contributed by atoms with E-state index in [1.165, 1.54) is 89.2 Å². The summed E-state index contributed by atoms with van der Waals surface area (Å²) < 4.78 is 10.9. The average Bonchev–Trinajstić information content (AvgIpc) is 2.01. The molecule has 8 aliphatic heterocycles. The third-order valence-electron chi connectivity index (χ3n) is 21.0. The molecule has 16 atom stereocenters. The Kier molecular flexibility index (Phi) is 23.3. The van der Waals surface area contributed by atoms with Crippen molar-refractivity contribution in [1.29, 1.82) is 0 Å². The largest absolute Gasteiger partial charge is 0.493 e. The standard InChI is InChI=1S/2C11H15N.2C10H14N2.2C10H12O.2C10H12S/c2*1-8-4-5-9(2)11-10(8)6-7-12(11)3;2*1-7-4-5-8(2)10-9(7)6-11-12(10)3;4*1-7-3-4-8(2)10-9(7)5-6-11-10/h2*4-7,10-11H,1-3H3;2*4-6,9-10H,1-3H3;4*3-6,9-10H,1-2H3. The highest BCUT2D eigenvalue weighted by Crippen LogP contribution is 2.43. The highest BCUT2D eigenvalue weighted by atomic mass is 32.2. The maximum absolute atomic E-state index is 5.45. The first-order chi connectivity index (χ1) is 43.9. The van der Waals surface area contributed by atoms with Crippen LogP contribution in [0.25, 0.3) is 0 Å². The molecule has 0 amide bonds. The van der Waals surface area contributed by atoms with E-state index in [9.17, 15) is 0 Å². The summed E-state index contributed by atoms with van der Waals surface area (Å²) in [5.41, 5.74) is 23.0. The number of allylic oxidation sites excluding steroid dienone is 20.